The van der Waals surface area contributed by atoms with Gasteiger partial charge in [0.1, 0.15) is 10.4 Å². The van der Waals surface area contributed by atoms with Crippen LogP contribution in [0.15, 0.2) is 29.6 Å². The number of aromatic nitrogens is 1. The van der Waals surface area contributed by atoms with Crippen molar-refractivity contribution in [3.63, 3.8) is 0 Å². The van der Waals surface area contributed by atoms with E-state index in [1.54, 1.807) is 11.3 Å². The summed E-state index contributed by atoms with van der Waals surface area (Å²) in [4.78, 5) is 16.8. The number of carbonyl (C=O) groups excluding carboxylic acids is 1. The summed E-state index contributed by atoms with van der Waals surface area (Å²) in [5, 5.41) is 2.92. The lowest BCUT2D eigenvalue weighted by atomic mass is 9.90. The molecule has 0 saturated heterocycles. The first kappa shape index (κ1) is 15.7. The van der Waals surface area contributed by atoms with Gasteiger partial charge in [-0.15, -0.1) is 11.3 Å². The molecule has 3 nitrogen and oxygen atoms in total. The molecule has 0 N–H and O–H groups in total. The largest absolute Gasteiger partial charge is 0.465 e. The fourth-order valence-corrected chi connectivity index (χ4v) is 3.19. The zero-order valence-electron chi connectivity index (χ0n) is 13.0. The molecule has 0 spiro atoms. The van der Waals surface area contributed by atoms with Crippen LogP contribution in [0.25, 0.3) is 10.6 Å². The standard InChI is InChI=1S/C17H21NO2S/c1-5-12-9-7-8-10-13(12)15-18-14(11-21-15)17(3,4)16(19)20-6-2/h7-11H,5-6H2,1-4H3. The van der Waals surface area contributed by atoms with Gasteiger partial charge in [-0.2, -0.15) is 0 Å². The van der Waals surface area contributed by atoms with Gasteiger partial charge >= 0.3 is 5.97 Å². The molecule has 0 aliphatic rings. The Bertz CT molecular complexity index is 631. The molecule has 2 rings (SSSR count). The summed E-state index contributed by atoms with van der Waals surface area (Å²) in [6.07, 6.45) is 0.965. The highest BCUT2D eigenvalue weighted by molar-refractivity contribution is 7.13. The number of esters is 1. The Balaban J connectivity index is 2.36. The van der Waals surface area contributed by atoms with Gasteiger partial charge in [-0.25, -0.2) is 4.98 Å². The van der Waals surface area contributed by atoms with Gasteiger partial charge in [0.2, 0.25) is 0 Å². The minimum Gasteiger partial charge on any atom is -0.465 e. The van der Waals surface area contributed by atoms with E-state index in [1.807, 2.05) is 38.3 Å². The van der Waals surface area contributed by atoms with Crippen LogP contribution >= 0.6 is 11.3 Å². The molecule has 0 unspecified atom stereocenters. The molecule has 0 amide bonds. The van der Waals surface area contributed by atoms with Crippen LogP contribution in [-0.2, 0) is 21.4 Å². The van der Waals surface area contributed by atoms with Gasteiger partial charge in [0, 0.05) is 10.9 Å². The lowest BCUT2D eigenvalue weighted by molar-refractivity contribution is -0.148. The average Bonchev–Trinajstić information content (AvgIpc) is 2.97. The van der Waals surface area contributed by atoms with Crippen LogP contribution in [0, 0.1) is 0 Å². The number of ether oxygens (including phenoxy) is 1. The van der Waals surface area contributed by atoms with E-state index in [0.717, 1.165) is 22.7 Å². The van der Waals surface area contributed by atoms with Gasteiger partial charge in [0.05, 0.1) is 12.3 Å². The van der Waals surface area contributed by atoms with E-state index in [0.29, 0.717) is 6.61 Å². The number of rotatable bonds is 5. The minimum atomic E-state index is -0.716. The van der Waals surface area contributed by atoms with Gasteiger partial charge in [0.15, 0.2) is 0 Å². The number of thiazole rings is 1. The van der Waals surface area contributed by atoms with Crippen molar-refractivity contribution in [2.24, 2.45) is 0 Å². The van der Waals surface area contributed by atoms with Crippen molar-refractivity contribution in [2.75, 3.05) is 6.61 Å². The summed E-state index contributed by atoms with van der Waals surface area (Å²) < 4.78 is 5.15. The lowest BCUT2D eigenvalue weighted by Gasteiger charge is -2.19. The summed E-state index contributed by atoms with van der Waals surface area (Å²) in [6.45, 7) is 8.05. The van der Waals surface area contributed by atoms with E-state index >= 15 is 0 Å². The van der Waals surface area contributed by atoms with Crippen molar-refractivity contribution in [2.45, 2.75) is 39.5 Å². The van der Waals surface area contributed by atoms with Gasteiger partial charge in [-0.05, 0) is 32.8 Å². The van der Waals surface area contributed by atoms with Crippen molar-refractivity contribution in [1.82, 2.24) is 4.98 Å². The van der Waals surface area contributed by atoms with Gasteiger partial charge in [-0.1, -0.05) is 31.2 Å². The molecule has 1 aromatic heterocycles. The first-order chi connectivity index (χ1) is 10.0. The molecule has 2 aromatic rings. The molecule has 0 saturated carbocycles. The van der Waals surface area contributed by atoms with Gasteiger partial charge in [-0.3, -0.25) is 4.79 Å². The Morgan fingerprint density at radius 1 is 1.29 bits per heavy atom. The topological polar surface area (TPSA) is 39.2 Å². The van der Waals surface area contributed by atoms with Gasteiger partial charge < -0.3 is 4.74 Å². The van der Waals surface area contributed by atoms with Gasteiger partial charge in [0.25, 0.3) is 0 Å². The Labute approximate surface area is 130 Å². The third-order valence-corrected chi connectivity index (χ3v) is 4.43. The molecule has 0 fully saturated rings. The maximum Gasteiger partial charge on any atom is 0.317 e. The van der Waals surface area contributed by atoms with Crippen molar-refractivity contribution in [3.05, 3.63) is 40.9 Å². The van der Waals surface area contributed by atoms with E-state index in [9.17, 15) is 4.79 Å². The second kappa shape index (κ2) is 6.39. The Morgan fingerprint density at radius 2 is 2.00 bits per heavy atom. The van der Waals surface area contributed by atoms with E-state index in [-0.39, 0.29) is 5.97 Å². The van der Waals surface area contributed by atoms with Crippen LogP contribution < -0.4 is 0 Å². The summed E-state index contributed by atoms with van der Waals surface area (Å²) in [5.41, 5.74) is 2.47. The average molecular weight is 303 g/mol. The summed E-state index contributed by atoms with van der Waals surface area (Å²) in [5.74, 6) is -0.231. The molecule has 0 aliphatic heterocycles. The molecule has 1 heterocycles. The molecule has 0 atom stereocenters. The lowest BCUT2D eigenvalue weighted by Crippen LogP contribution is -2.31. The SMILES string of the molecule is CCOC(=O)C(C)(C)c1csc(-c2ccccc2CC)n1. The van der Waals surface area contributed by atoms with E-state index in [1.165, 1.54) is 5.56 Å². The first-order valence-electron chi connectivity index (χ1n) is 7.22. The van der Waals surface area contributed by atoms with Crippen LogP contribution in [0.4, 0.5) is 0 Å². The third kappa shape index (κ3) is 3.16. The summed E-state index contributed by atoms with van der Waals surface area (Å²) in [7, 11) is 0. The molecule has 21 heavy (non-hydrogen) atoms. The molecular formula is C17H21NO2S. The maximum atomic E-state index is 12.1. The Kier molecular flexibility index (Phi) is 4.78. The van der Waals surface area contributed by atoms with Crippen LogP contribution in [0.5, 0.6) is 0 Å². The normalized spacial score (nSPS) is 11.4. The van der Waals surface area contributed by atoms with Crippen LogP contribution in [0.3, 0.4) is 0 Å². The third-order valence-electron chi connectivity index (χ3n) is 3.56. The van der Waals surface area contributed by atoms with Crippen molar-refractivity contribution < 1.29 is 9.53 Å². The van der Waals surface area contributed by atoms with E-state index in [2.05, 4.69) is 24.0 Å². The molecule has 0 aliphatic carbocycles. The summed E-state index contributed by atoms with van der Waals surface area (Å²) in [6, 6.07) is 8.26. The highest BCUT2D eigenvalue weighted by Gasteiger charge is 2.34. The molecule has 4 heteroatoms. The minimum absolute atomic E-state index is 0.231. The van der Waals surface area contributed by atoms with Crippen LogP contribution in [0.1, 0.15) is 39.0 Å². The highest BCUT2D eigenvalue weighted by Crippen LogP contribution is 2.32. The van der Waals surface area contributed by atoms with Crippen molar-refractivity contribution >= 4 is 17.3 Å². The number of benzene rings is 1. The van der Waals surface area contributed by atoms with E-state index < -0.39 is 5.41 Å². The number of hydrogen-bond acceptors (Lipinski definition) is 4. The number of hydrogen-bond donors (Lipinski definition) is 0. The molecule has 112 valence electrons. The predicted molar refractivity (Wildman–Crippen MR) is 86.6 cm³/mol. The number of carbonyl (C=O) groups is 1. The Morgan fingerprint density at radius 3 is 2.67 bits per heavy atom. The monoisotopic (exact) mass is 303 g/mol. The molecule has 1 aromatic carbocycles. The van der Waals surface area contributed by atoms with Crippen LogP contribution in [-0.4, -0.2) is 17.6 Å². The maximum absolute atomic E-state index is 12.1. The second-order valence-electron chi connectivity index (χ2n) is 5.39. The highest BCUT2D eigenvalue weighted by atomic mass is 32.1. The fourth-order valence-electron chi connectivity index (χ4n) is 2.14. The smallest absolute Gasteiger partial charge is 0.317 e. The zero-order chi connectivity index (χ0) is 15.5. The zero-order valence-corrected chi connectivity index (χ0v) is 13.8. The predicted octanol–water partition coefficient (Wildman–Crippen LogP) is 4.21. The Hall–Kier alpha value is -1.68. The van der Waals surface area contributed by atoms with Crippen molar-refractivity contribution in [1.29, 1.82) is 0 Å². The second-order valence-corrected chi connectivity index (χ2v) is 6.25. The molecular weight excluding hydrogens is 282 g/mol. The van der Waals surface area contributed by atoms with Crippen molar-refractivity contribution in [3.8, 4) is 10.6 Å². The fraction of sp³-hybridized carbons (Fsp3) is 0.412. The number of nitrogens with zero attached hydrogens (tertiary/aromatic N) is 1. The quantitative estimate of drug-likeness (QED) is 0.777. The first-order valence-corrected chi connectivity index (χ1v) is 8.10. The summed E-state index contributed by atoms with van der Waals surface area (Å²) >= 11 is 1.58. The number of aryl methyl sites for hydroxylation is 1. The molecule has 0 bridgehead atoms. The molecule has 0 radical (unpaired) electrons. The van der Waals surface area contributed by atoms with E-state index in [4.69, 9.17) is 4.74 Å². The van der Waals surface area contributed by atoms with Crippen LogP contribution in [0.2, 0.25) is 0 Å².